The molecule has 1 aromatic heterocycles. The van der Waals surface area contributed by atoms with Crippen LogP contribution >= 0.6 is 0 Å². The fraction of sp³-hybridized carbons (Fsp3) is 0.692. The Balaban J connectivity index is 1.74. The molecule has 0 saturated carbocycles. The lowest BCUT2D eigenvalue weighted by molar-refractivity contribution is 0.0690. The molecule has 22 heavy (non-hydrogen) atoms. The van der Waals surface area contributed by atoms with Crippen LogP contribution in [0.2, 0.25) is 0 Å². The Hall–Kier alpha value is -1.61. The number of sulfonamides is 1. The molecule has 2 aliphatic rings. The molecular weight excluding hydrogens is 308 g/mol. The minimum atomic E-state index is -3.19. The first-order chi connectivity index (χ1) is 10.4. The van der Waals surface area contributed by atoms with Gasteiger partial charge >= 0.3 is 0 Å². The molecule has 1 saturated heterocycles. The molecule has 0 atom stereocenters. The zero-order valence-corrected chi connectivity index (χ0v) is 13.6. The van der Waals surface area contributed by atoms with E-state index in [-0.39, 0.29) is 5.91 Å². The second-order valence-corrected chi connectivity index (χ2v) is 7.64. The van der Waals surface area contributed by atoms with Gasteiger partial charge in [-0.05, 0) is 6.92 Å². The van der Waals surface area contributed by atoms with Crippen molar-refractivity contribution >= 4 is 15.9 Å². The molecule has 0 bridgehead atoms. The van der Waals surface area contributed by atoms with E-state index in [2.05, 4.69) is 5.10 Å². The van der Waals surface area contributed by atoms with E-state index < -0.39 is 10.0 Å². The zero-order valence-electron chi connectivity index (χ0n) is 12.8. The largest absolute Gasteiger partial charge is 0.478 e. The molecule has 3 rings (SSSR count). The van der Waals surface area contributed by atoms with Crippen LogP contribution in [0.5, 0.6) is 5.88 Å². The molecule has 0 radical (unpaired) electrons. The lowest BCUT2D eigenvalue weighted by atomic mass is 10.2. The maximum Gasteiger partial charge on any atom is 0.274 e. The van der Waals surface area contributed by atoms with E-state index in [1.807, 2.05) is 6.92 Å². The SMILES string of the molecule is Cc1c(C(=O)N2CCN(S(C)(=O)=O)CC2)nn2c1OCCC2. The molecule has 1 aromatic rings. The van der Waals surface area contributed by atoms with E-state index in [9.17, 15) is 13.2 Å². The third-order valence-electron chi connectivity index (χ3n) is 4.08. The van der Waals surface area contributed by atoms with E-state index in [0.717, 1.165) is 18.5 Å². The van der Waals surface area contributed by atoms with Gasteiger partial charge in [0, 0.05) is 44.7 Å². The standard InChI is InChI=1S/C13H20N4O4S/c1-10-11(14-17-4-3-9-21-13(10)17)12(18)15-5-7-16(8-6-15)22(2,19)20/h3-9H2,1-2H3. The third kappa shape index (κ3) is 2.70. The van der Waals surface area contributed by atoms with Gasteiger partial charge in [-0.15, -0.1) is 0 Å². The first-order valence-electron chi connectivity index (χ1n) is 7.32. The minimum absolute atomic E-state index is 0.156. The smallest absolute Gasteiger partial charge is 0.274 e. The molecule has 122 valence electrons. The number of aromatic nitrogens is 2. The highest BCUT2D eigenvalue weighted by Gasteiger charge is 2.30. The average Bonchev–Trinajstić information content (AvgIpc) is 2.83. The average molecular weight is 328 g/mol. The Bertz CT molecular complexity index is 689. The fourth-order valence-electron chi connectivity index (χ4n) is 2.83. The number of nitrogens with zero attached hydrogens (tertiary/aromatic N) is 4. The predicted octanol–water partition coefficient (Wildman–Crippen LogP) is -0.309. The van der Waals surface area contributed by atoms with Crippen molar-refractivity contribution in [2.75, 3.05) is 39.0 Å². The van der Waals surface area contributed by atoms with Crippen molar-refractivity contribution in [1.29, 1.82) is 0 Å². The highest BCUT2D eigenvalue weighted by Crippen LogP contribution is 2.26. The molecule has 9 heteroatoms. The maximum atomic E-state index is 12.6. The summed E-state index contributed by atoms with van der Waals surface area (Å²) >= 11 is 0. The monoisotopic (exact) mass is 328 g/mol. The van der Waals surface area contributed by atoms with E-state index in [1.54, 1.807) is 9.58 Å². The molecule has 3 heterocycles. The van der Waals surface area contributed by atoms with Gasteiger partial charge in [0.25, 0.3) is 5.91 Å². The van der Waals surface area contributed by atoms with Crippen molar-refractivity contribution in [2.24, 2.45) is 0 Å². The molecule has 1 fully saturated rings. The number of ether oxygens (including phenoxy) is 1. The van der Waals surface area contributed by atoms with Crippen LogP contribution in [0.25, 0.3) is 0 Å². The van der Waals surface area contributed by atoms with Crippen molar-refractivity contribution in [2.45, 2.75) is 19.9 Å². The summed E-state index contributed by atoms with van der Waals surface area (Å²) in [6.45, 7) is 4.66. The van der Waals surface area contributed by atoms with Gasteiger partial charge in [-0.2, -0.15) is 9.40 Å². The number of piperazine rings is 1. The van der Waals surface area contributed by atoms with Gasteiger partial charge in [0.15, 0.2) is 5.69 Å². The molecule has 0 spiro atoms. The van der Waals surface area contributed by atoms with Crippen LogP contribution in [0.3, 0.4) is 0 Å². The lowest BCUT2D eigenvalue weighted by Gasteiger charge is -2.32. The molecule has 1 amide bonds. The van der Waals surface area contributed by atoms with Crippen LogP contribution in [0.15, 0.2) is 0 Å². The van der Waals surface area contributed by atoms with Gasteiger partial charge in [0.05, 0.1) is 12.9 Å². The highest BCUT2D eigenvalue weighted by molar-refractivity contribution is 7.88. The Kier molecular flexibility index (Phi) is 3.85. The second-order valence-electron chi connectivity index (χ2n) is 5.66. The van der Waals surface area contributed by atoms with Crippen LogP contribution in [0.4, 0.5) is 0 Å². The fourth-order valence-corrected chi connectivity index (χ4v) is 3.66. The summed E-state index contributed by atoms with van der Waals surface area (Å²) in [5, 5.41) is 4.36. The first-order valence-corrected chi connectivity index (χ1v) is 9.17. The Morgan fingerprint density at radius 2 is 1.86 bits per heavy atom. The molecule has 0 N–H and O–H groups in total. The van der Waals surface area contributed by atoms with E-state index >= 15 is 0 Å². The van der Waals surface area contributed by atoms with Crippen LogP contribution in [-0.2, 0) is 16.6 Å². The van der Waals surface area contributed by atoms with Crippen molar-refractivity contribution < 1.29 is 17.9 Å². The molecule has 0 aromatic carbocycles. The van der Waals surface area contributed by atoms with E-state index in [0.29, 0.717) is 44.4 Å². The summed E-state index contributed by atoms with van der Waals surface area (Å²) in [6, 6.07) is 0. The van der Waals surface area contributed by atoms with Crippen molar-refractivity contribution in [3.63, 3.8) is 0 Å². The summed E-state index contributed by atoms with van der Waals surface area (Å²) < 4.78 is 31.7. The molecule has 0 unspecified atom stereocenters. The number of carbonyl (C=O) groups excluding carboxylic acids is 1. The van der Waals surface area contributed by atoms with Gasteiger partial charge < -0.3 is 9.64 Å². The third-order valence-corrected chi connectivity index (χ3v) is 5.38. The molecule has 0 aliphatic carbocycles. The van der Waals surface area contributed by atoms with Crippen molar-refractivity contribution in [1.82, 2.24) is 19.0 Å². The number of hydrogen-bond acceptors (Lipinski definition) is 5. The summed E-state index contributed by atoms with van der Waals surface area (Å²) in [6.07, 6.45) is 2.07. The van der Waals surface area contributed by atoms with Crippen LogP contribution in [0, 0.1) is 6.92 Å². The van der Waals surface area contributed by atoms with Gasteiger partial charge in [-0.3, -0.25) is 4.79 Å². The Morgan fingerprint density at radius 1 is 1.18 bits per heavy atom. The van der Waals surface area contributed by atoms with E-state index in [1.165, 1.54) is 10.6 Å². The molecule has 8 nitrogen and oxygen atoms in total. The first kappa shape index (κ1) is 15.3. The van der Waals surface area contributed by atoms with Crippen LogP contribution < -0.4 is 4.74 Å². The summed E-state index contributed by atoms with van der Waals surface area (Å²) in [5.41, 5.74) is 1.17. The van der Waals surface area contributed by atoms with Crippen LogP contribution in [0.1, 0.15) is 22.5 Å². The molecule has 2 aliphatic heterocycles. The van der Waals surface area contributed by atoms with Crippen molar-refractivity contribution in [3.05, 3.63) is 11.3 Å². The predicted molar refractivity (Wildman–Crippen MR) is 79.4 cm³/mol. The van der Waals surface area contributed by atoms with Crippen LogP contribution in [-0.4, -0.2) is 72.4 Å². The summed E-state index contributed by atoms with van der Waals surface area (Å²) in [7, 11) is -3.19. The number of aryl methyl sites for hydroxylation is 1. The van der Waals surface area contributed by atoms with Gasteiger partial charge in [0.1, 0.15) is 0 Å². The number of fused-ring (bicyclic) bond motifs is 1. The number of amides is 1. The summed E-state index contributed by atoms with van der Waals surface area (Å²) in [5.74, 6) is 0.514. The number of rotatable bonds is 2. The van der Waals surface area contributed by atoms with Crippen molar-refractivity contribution in [3.8, 4) is 5.88 Å². The zero-order chi connectivity index (χ0) is 15.9. The Labute approximate surface area is 129 Å². The van der Waals surface area contributed by atoms with Gasteiger partial charge in [-0.1, -0.05) is 0 Å². The van der Waals surface area contributed by atoms with E-state index in [4.69, 9.17) is 4.74 Å². The number of carbonyl (C=O) groups is 1. The topological polar surface area (TPSA) is 84.7 Å². The minimum Gasteiger partial charge on any atom is -0.478 e. The molecular formula is C13H20N4O4S. The lowest BCUT2D eigenvalue weighted by Crippen LogP contribution is -2.50. The van der Waals surface area contributed by atoms with Gasteiger partial charge in [0.2, 0.25) is 15.9 Å². The second kappa shape index (κ2) is 5.54. The maximum absolute atomic E-state index is 12.6. The normalized spacial score (nSPS) is 19.6. The quantitative estimate of drug-likeness (QED) is 0.743. The number of hydrogen-bond donors (Lipinski definition) is 0. The highest BCUT2D eigenvalue weighted by atomic mass is 32.2. The van der Waals surface area contributed by atoms with Gasteiger partial charge in [-0.25, -0.2) is 13.1 Å². The summed E-state index contributed by atoms with van der Waals surface area (Å²) in [4.78, 5) is 14.3. The Morgan fingerprint density at radius 3 is 2.45 bits per heavy atom.